The van der Waals surface area contributed by atoms with Crippen molar-refractivity contribution in [2.75, 3.05) is 11.9 Å². The molecule has 1 aliphatic rings. The van der Waals surface area contributed by atoms with E-state index >= 15 is 0 Å². The Morgan fingerprint density at radius 1 is 1.08 bits per heavy atom. The van der Waals surface area contributed by atoms with Crippen molar-refractivity contribution >= 4 is 50.9 Å². The number of carbonyl (C=O) groups is 1. The molecule has 5 rings (SSSR count). The van der Waals surface area contributed by atoms with E-state index in [0.717, 1.165) is 17.4 Å². The van der Waals surface area contributed by atoms with E-state index in [1.165, 1.54) is 42.3 Å². The van der Waals surface area contributed by atoms with Gasteiger partial charge in [-0.15, -0.1) is 0 Å². The summed E-state index contributed by atoms with van der Waals surface area (Å²) in [7, 11) is 2.80. The number of fused-ring (bicyclic) bond motifs is 1. The summed E-state index contributed by atoms with van der Waals surface area (Å²) in [4.78, 5) is 52.3. The van der Waals surface area contributed by atoms with E-state index in [-0.39, 0.29) is 46.5 Å². The number of pyridine rings is 1. The van der Waals surface area contributed by atoms with E-state index in [2.05, 4.69) is 10.6 Å². The third-order valence-electron chi connectivity index (χ3n) is 6.58. The molecule has 202 valence electrons. The molecule has 39 heavy (non-hydrogen) atoms. The number of halogens is 2. The van der Waals surface area contributed by atoms with Crippen LogP contribution in [-0.4, -0.2) is 32.3 Å². The molecule has 2 heterocycles. The number of carbonyl (C=O) groups excluding carboxylic acids is 1. The lowest BCUT2D eigenvalue weighted by molar-refractivity contribution is -0.123. The average Bonchev–Trinajstić information content (AvgIpc) is 3.72. The van der Waals surface area contributed by atoms with Gasteiger partial charge in [0.15, 0.2) is 6.61 Å². The number of hydrogen-bond acceptors (Lipinski definition) is 6. The van der Waals surface area contributed by atoms with Crippen LogP contribution in [-0.2, 0) is 18.9 Å². The topological polar surface area (TPSA) is 116 Å². The third-order valence-corrected chi connectivity index (χ3v) is 7.25. The monoisotopic (exact) mass is 645 g/mol. The molecule has 0 aliphatic heterocycles. The maximum absolute atomic E-state index is 14.7. The molecule has 2 aromatic heterocycles. The van der Waals surface area contributed by atoms with E-state index in [9.17, 15) is 23.6 Å². The zero-order valence-corrected chi connectivity index (χ0v) is 23.5. The SMILES string of the molecule is Cc1c(=O)n(C)c(Nc2ccc(I)cc2F)c2c(=O)n(C)c(=O)n(-c3cccc(OCC(=O)NC4CC4)c3)c12. The van der Waals surface area contributed by atoms with Crippen molar-refractivity contribution in [1.29, 1.82) is 0 Å². The molecule has 12 heteroatoms. The Balaban J connectivity index is 1.69. The summed E-state index contributed by atoms with van der Waals surface area (Å²) in [5.41, 5.74) is -1.17. The number of anilines is 2. The number of amides is 1. The van der Waals surface area contributed by atoms with Crippen LogP contribution in [0.5, 0.6) is 5.75 Å². The van der Waals surface area contributed by atoms with Gasteiger partial charge < -0.3 is 15.4 Å². The van der Waals surface area contributed by atoms with Crippen LogP contribution in [0.25, 0.3) is 16.6 Å². The number of rotatable bonds is 7. The summed E-state index contributed by atoms with van der Waals surface area (Å²) in [5, 5.41) is 5.77. The van der Waals surface area contributed by atoms with Gasteiger partial charge >= 0.3 is 5.69 Å². The number of ether oxygens (including phenoxy) is 1. The molecule has 0 radical (unpaired) electrons. The van der Waals surface area contributed by atoms with E-state index in [0.29, 0.717) is 15.0 Å². The number of aryl methyl sites for hydroxylation is 1. The largest absolute Gasteiger partial charge is 0.484 e. The average molecular weight is 645 g/mol. The van der Waals surface area contributed by atoms with Crippen LogP contribution in [0.3, 0.4) is 0 Å². The van der Waals surface area contributed by atoms with Crippen LogP contribution in [0.2, 0.25) is 0 Å². The molecule has 0 spiro atoms. The summed E-state index contributed by atoms with van der Waals surface area (Å²) in [6.45, 7) is 1.33. The molecule has 1 amide bonds. The second kappa shape index (κ2) is 10.3. The van der Waals surface area contributed by atoms with Crippen LogP contribution in [0.1, 0.15) is 18.4 Å². The molecule has 2 N–H and O–H groups in total. The molecule has 0 unspecified atom stereocenters. The normalized spacial score (nSPS) is 12.9. The first-order chi connectivity index (χ1) is 18.6. The number of nitrogens with zero attached hydrogens (tertiary/aromatic N) is 3. The predicted molar refractivity (Wildman–Crippen MR) is 154 cm³/mol. The van der Waals surface area contributed by atoms with Gasteiger partial charge in [0.25, 0.3) is 17.0 Å². The van der Waals surface area contributed by atoms with Crippen LogP contribution < -0.4 is 32.2 Å². The van der Waals surface area contributed by atoms with Crippen molar-refractivity contribution in [3.8, 4) is 11.4 Å². The lowest BCUT2D eigenvalue weighted by Crippen LogP contribution is -2.40. The van der Waals surface area contributed by atoms with Crippen molar-refractivity contribution in [3.05, 3.63) is 88.6 Å². The van der Waals surface area contributed by atoms with Gasteiger partial charge in [-0.3, -0.25) is 28.1 Å². The Hall–Kier alpha value is -3.94. The zero-order chi connectivity index (χ0) is 28.0. The molecular weight excluding hydrogens is 620 g/mol. The fourth-order valence-corrected chi connectivity index (χ4v) is 4.82. The molecule has 2 aromatic carbocycles. The predicted octanol–water partition coefficient (Wildman–Crippen LogP) is 2.84. The van der Waals surface area contributed by atoms with Crippen molar-refractivity contribution in [2.45, 2.75) is 25.8 Å². The molecule has 0 atom stereocenters. The van der Waals surface area contributed by atoms with Gasteiger partial charge in [-0.2, -0.15) is 0 Å². The van der Waals surface area contributed by atoms with Gasteiger partial charge in [-0.25, -0.2) is 9.18 Å². The molecule has 1 saturated carbocycles. The number of hydrogen-bond donors (Lipinski definition) is 2. The summed E-state index contributed by atoms with van der Waals surface area (Å²) < 4.78 is 24.5. The van der Waals surface area contributed by atoms with Crippen molar-refractivity contribution < 1.29 is 13.9 Å². The Kier molecular flexibility index (Phi) is 7.05. The van der Waals surface area contributed by atoms with Gasteiger partial charge in [0, 0.05) is 35.3 Å². The fraction of sp³-hybridized carbons (Fsp3) is 0.259. The van der Waals surface area contributed by atoms with Crippen molar-refractivity contribution in [2.24, 2.45) is 14.1 Å². The minimum atomic E-state index is -0.682. The Morgan fingerprint density at radius 3 is 2.51 bits per heavy atom. The minimum Gasteiger partial charge on any atom is -0.484 e. The van der Waals surface area contributed by atoms with E-state index in [1.807, 2.05) is 22.6 Å². The van der Waals surface area contributed by atoms with E-state index in [4.69, 9.17) is 4.74 Å². The molecule has 4 aromatic rings. The molecule has 10 nitrogen and oxygen atoms in total. The Morgan fingerprint density at radius 2 is 1.82 bits per heavy atom. The highest BCUT2D eigenvalue weighted by Gasteiger charge is 2.24. The standard InChI is InChI=1S/C27H25FIN5O5/c1-14-23-22(24(32(2)25(14)36)31-20-10-7-15(29)11-19(20)28)26(37)33(3)27(38)34(23)17-5-4-6-18(12-17)39-13-21(35)30-16-8-9-16/h4-7,10-12,16,31H,8-9,13H2,1-3H3,(H,30,35). The number of nitrogens with one attached hydrogen (secondary N) is 2. The van der Waals surface area contributed by atoms with Crippen LogP contribution in [0, 0.1) is 16.3 Å². The highest BCUT2D eigenvalue weighted by molar-refractivity contribution is 14.1. The molecule has 1 fully saturated rings. The molecule has 0 saturated heterocycles. The van der Waals surface area contributed by atoms with Crippen molar-refractivity contribution in [1.82, 2.24) is 19.0 Å². The van der Waals surface area contributed by atoms with Gasteiger partial charge in [0.1, 0.15) is 22.8 Å². The highest BCUT2D eigenvalue weighted by atomic mass is 127. The lowest BCUT2D eigenvalue weighted by atomic mass is 10.1. The van der Waals surface area contributed by atoms with Crippen molar-refractivity contribution in [3.63, 3.8) is 0 Å². The second-order valence-electron chi connectivity index (χ2n) is 9.42. The quantitative estimate of drug-likeness (QED) is 0.299. The fourth-order valence-electron chi connectivity index (χ4n) is 4.37. The lowest BCUT2D eigenvalue weighted by Gasteiger charge is -2.20. The summed E-state index contributed by atoms with van der Waals surface area (Å²) in [6.07, 6.45) is 1.91. The number of aromatic nitrogens is 3. The number of benzene rings is 2. The molecular formula is C27H25FIN5O5. The van der Waals surface area contributed by atoms with Crippen LogP contribution in [0.15, 0.2) is 56.8 Å². The minimum absolute atomic E-state index is 0.0322. The molecule has 0 bridgehead atoms. The van der Waals surface area contributed by atoms with Gasteiger partial charge in [0.05, 0.1) is 16.9 Å². The summed E-state index contributed by atoms with van der Waals surface area (Å²) in [5.74, 6) is -0.443. The molecule has 1 aliphatic carbocycles. The Labute approximate surface area is 235 Å². The smallest absolute Gasteiger partial charge is 0.335 e. The van der Waals surface area contributed by atoms with Crippen LogP contribution >= 0.6 is 22.6 Å². The first kappa shape index (κ1) is 26.7. The Bertz CT molecular complexity index is 1820. The van der Waals surface area contributed by atoms with Gasteiger partial charge in [-0.1, -0.05) is 6.07 Å². The van der Waals surface area contributed by atoms with E-state index < -0.39 is 22.6 Å². The third kappa shape index (κ3) is 5.07. The highest BCUT2D eigenvalue weighted by Crippen LogP contribution is 2.28. The zero-order valence-electron chi connectivity index (χ0n) is 21.4. The van der Waals surface area contributed by atoms with Gasteiger partial charge in [-0.05, 0) is 72.7 Å². The maximum Gasteiger partial charge on any atom is 0.335 e. The second-order valence-corrected chi connectivity index (χ2v) is 10.7. The van der Waals surface area contributed by atoms with E-state index in [1.54, 1.807) is 30.3 Å². The summed E-state index contributed by atoms with van der Waals surface area (Å²) in [6, 6.07) is 11.2. The first-order valence-corrected chi connectivity index (χ1v) is 13.2. The van der Waals surface area contributed by atoms with Gasteiger partial charge in [0.2, 0.25) is 0 Å². The first-order valence-electron chi connectivity index (χ1n) is 12.2. The maximum atomic E-state index is 14.7. The summed E-state index contributed by atoms with van der Waals surface area (Å²) >= 11 is 1.98. The van der Waals surface area contributed by atoms with Crippen LogP contribution in [0.4, 0.5) is 15.9 Å².